The number of nitriles is 1. The van der Waals surface area contributed by atoms with Crippen LogP contribution in [0.5, 0.6) is 0 Å². The lowest BCUT2D eigenvalue weighted by molar-refractivity contribution is -0.146. The number of esters is 1. The summed E-state index contributed by atoms with van der Waals surface area (Å²) >= 11 is 1.24. The quantitative estimate of drug-likeness (QED) is 0.659. The van der Waals surface area contributed by atoms with Gasteiger partial charge in [0.25, 0.3) is 5.91 Å². The Hall–Kier alpha value is -3.43. The van der Waals surface area contributed by atoms with Crippen molar-refractivity contribution >= 4 is 28.2 Å². The van der Waals surface area contributed by atoms with Crippen LogP contribution in [-0.2, 0) is 20.7 Å². The molecule has 0 atom stereocenters. The Kier molecular flexibility index (Phi) is 5.98. The van der Waals surface area contributed by atoms with Crippen LogP contribution in [0.1, 0.15) is 11.1 Å². The number of anilines is 1. The van der Waals surface area contributed by atoms with E-state index in [0.717, 1.165) is 16.7 Å². The molecule has 0 aliphatic rings. The van der Waals surface area contributed by atoms with Gasteiger partial charge in [-0.3, -0.25) is 9.59 Å². The van der Waals surface area contributed by atoms with Gasteiger partial charge >= 0.3 is 5.97 Å². The average molecular weight is 376 g/mol. The van der Waals surface area contributed by atoms with Gasteiger partial charge in [-0.15, -0.1) is 11.3 Å². The molecule has 1 heterocycles. The Morgan fingerprint density at radius 3 is 2.41 bits per heavy atom. The largest absolute Gasteiger partial charge is 0.455 e. The smallest absolute Gasteiger partial charge is 0.310 e. The number of amides is 1. The van der Waals surface area contributed by atoms with Gasteiger partial charge in [0.15, 0.2) is 6.61 Å². The van der Waals surface area contributed by atoms with Gasteiger partial charge < -0.3 is 10.1 Å². The van der Waals surface area contributed by atoms with E-state index in [9.17, 15) is 9.59 Å². The van der Waals surface area contributed by atoms with Crippen LogP contribution in [0.15, 0.2) is 66.0 Å². The molecule has 0 unspecified atom stereocenters. The zero-order valence-electron chi connectivity index (χ0n) is 14.3. The summed E-state index contributed by atoms with van der Waals surface area (Å²) in [6.07, 6.45) is 0.0881. The van der Waals surface area contributed by atoms with E-state index in [1.54, 1.807) is 11.4 Å². The summed E-state index contributed by atoms with van der Waals surface area (Å²) in [5, 5.41) is 13.6. The van der Waals surface area contributed by atoms with E-state index in [1.807, 2.05) is 60.7 Å². The fourth-order valence-electron chi connectivity index (χ4n) is 2.47. The molecule has 134 valence electrons. The van der Waals surface area contributed by atoms with Crippen LogP contribution in [0.3, 0.4) is 0 Å². The molecule has 2 aromatic carbocycles. The van der Waals surface area contributed by atoms with Gasteiger partial charge in [-0.05, 0) is 28.1 Å². The van der Waals surface area contributed by atoms with Crippen molar-refractivity contribution in [3.8, 4) is 17.2 Å². The Balaban J connectivity index is 1.49. The molecule has 0 radical (unpaired) electrons. The number of ether oxygens (including phenoxy) is 1. The number of benzene rings is 2. The maximum Gasteiger partial charge on any atom is 0.310 e. The van der Waals surface area contributed by atoms with E-state index in [1.165, 1.54) is 11.3 Å². The summed E-state index contributed by atoms with van der Waals surface area (Å²) in [4.78, 5) is 23.8. The zero-order valence-corrected chi connectivity index (χ0v) is 15.2. The highest BCUT2D eigenvalue weighted by Gasteiger charge is 2.11. The lowest BCUT2D eigenvalue weighted by Gasteiger charge is -2.07. The monoisotopic (exact) mass is 376 g/mol. The third-order valence-electron chi connectivity index (χ3n) is 3.81. The molecule has 0 saturated carbocycles. The molecule has 1 aromatic heterocycles. The highest BCUT2D eigenvalue weighted by molar-refractivity contribution is 7.14. The summed E-state index contributed by atoms with van der Waals surface area (Å²) in [7, 11) is 0. The van der Waals surface area contributed by atoms with E-state index in [2.05, 4.69) is 5.32 Å². The number of carbonyl (C=O) groups excluding carboxylic acids is 2. The second-order valence-electron chi connectivity index (χ2n) is 5.72. The molecule has 0 spiro atoms. The third-order valence-corrected chi connectivity index (χ3v) is 4.64. The molecule has 0 fully saturated rings. The number of thiophene rings is 1. The second kappa shape index (κ2) is 8.79. The van der Waals surface area contributed by atoms with Gasteiger partial charge in [0, 0.05) is 0 Å². The van der Waals surface area contributed by atoms with Gasteiger partial charge in [0.05, 0.1) is 12.0 Å². The lowest BCUT2D eigenvalue weighted by atomic mass is 10.0. The van der Waals surface area contributed by atoms with Crippen molar-refractivity contribution in [2.24, 2.45) is 0 Å². The molecular formula is C21H16N2O3S. The highest BCUT2D eigenvalue weighted by atomic mass is 32.1. The summed E-state index contributed by atoms with van der Waals surface area (Å²) in [5.74, 6) is -0.953. The molecule has 0 aliphatic carbocycles. The normalized spacial score (nSPS) is 10.0. The molecular weight excluding hydrogens is 360 g/mol. The second-order valence-corrected chi connectivity index (χ2v) is 6.64. The summed E-state index contributed by atoms with van der Waals surface area (Å²) < 4.78 is 5.02. The van der Waals surface area contributed by atoms with Crippen LogP contribution < -0.4 is 5.32 Å². The fourth-order valence-corrected chi connectivity index (χ4v) is 3.22. The summed E-state index contributed by atoms with van der Waals surface area (Å²) in [5.41, 5.74) is 3.37. The van der Waals surface area contributed by atoms with Gasteiger partial charge in [0.2, 0.25) is 0 Å². The van der Waals surface area contributed by atoms with Crippen molar-refractivity contribution in [1.82, 2.24) is 0 Å². The Bertz CT molecular complexity index is 973. The van der Waals surface area contributed by atoms with Gasteiger partial charge in [-0.1, -0.05) is 54.6 Å². The number of carbonyl (C=O) groups is 2. The molecule has 6 heteroatoms. The standard InChI is InChI=1S/C21H16N2O3S/c22-13-18-10-11-27-21(18)23-19(24)14-26-20(25)12-15-6-8-17(9-7-15)16-4-2-1-3-5-16/h1-11H,12,14H2,(H,23,24). The molecule has 0 aliphatic heterocycles. The number of hydrogen-bond donors (Lipinski definition) is 1. The third kappa shape index (κ3) is 5.03. The number of rotatable bonds is 6. The van der Waals surface area contributed by atoms with Crippen molar-refractivity contribution in [2.75, 3.05) is 11.9 Å². The Morgan fingerprint density at radius 2 is 1.70 bits per heavy atom. The van der Waals surface area contributed by atoms with Crippen molar-refractivity contribution in [3.05, 3.63) is 77.2 Å². The number of nitrogens with one attached hydrogen (secondary N) is 1. The topological polar surface area (TPSA) is 79.2 Å². The number of nitrogens with zero attached hydrogens (tertiary/aromatic N) is 1. The van der Waals surface area contributed by atoms with Crippen molar-refractivity contribution < 1.29 is 14.3 Å². The SMILES string of the molecule is N#Cc1ccsc1NC(=O)COC(=O)Cc1ccc(-c2ccccc2)cc1. The first-order chi connectivity index (χ1) is 13.2. The fraction of sp³-hybridized carbons (Fsp3) is 0.0952. The van der Waals surface area contributed by atoms with Crippen molar-refractivity contribution in [2.45, 2.75) is 6.42 Å². The van der Waals surface area contributed by atoms with E-state index < -0.39 is 11.9 Å². The molecule has 5 nitrogen and oxygen atoms in total. The molecule has 3 rings (SSSR count). The first-order valence-corrected chi connectivity index (χ1v) is 9.11. The van der Waals surface area contributed by atoms with Crippen LogP contribution in [-0.4, -0.2) is 18.5 Å². The molecule has 1 N–H and O–H groups in total. The van der Waals surface area contributed by atoms with E-state index >= 15 is 0 Å². The van der Waals surface area contributed by atoms with Crippen LogP contribution in [0.4, 0.5) is 5.00 Å². The summed E-state index contributed by atoms with van der Waals surface area (Å²) in [6.45, 7) is -0.385. The summed E-state index contributed by atoms with van der Waals surface area (Å²) in [6, 6.07) is 21.2. The Morgan fingerprint density at radius 1 is 1.00 bits per heavy atom. The van der Waals surface area contributed by atoms with Crippen LogP contribution in [0.25, 0.3) is 11.1 Å². The number of hydrogen-bond acceptors (Lipinski definition) is 5. The van der Waals surface area contributed by atoms with E-state index in [4.69, 9.17) is 10.00 Å². The van der Waals surface area contributed by atoms with Crippen molar-refractivity contribution in [1.29, 1.82) is 5.26 Å². The van der Waals surface area contributed by atoms with Gasteiger partial charge in [-0.2, -0.15) is 5.26 Å². The van der Waals surface area contributed by atoms with E-state index in [0.29, 0.717) is 10.6 Å². The molecule has 0 bridgehead atoms. The maximum absolute atomic E-state index is 11.9. The van der Waals surface area contributed by atoms with Gasteiger partial charge in [0.1, 0.15) is 11.1 Å². The van der Waals surface area contributed by atoms with Crippen LogP contribution in [0.2, 0.25) is 0 Å². The first kappa shape index (κ1) is 18.4. The van der Waals surface area contributed by atoms with E-state index in [-0.39, 0.29) is 13.0 Å². The minimum atomic E-state index is -0.482. The average Bonchev–Trinajstić information content (AvgIpc) is 3.15. The highest BCUT2D eigenvalue weighted by Crippen LogP contribution is 2.22. The van der Waals surface area contributed by atoms with Gasteiger partial charge in [-0.25, -0.2) is 0 Å². The lowest BCUT2D eigenvalue weighted by Crippen LogP contribution is -2.21. The zero-order chi connectivity index (χ0) is 19.1. The predicted molar refractivity (Wildman–Crippen MR) is 104 cm³/mol. The first-order valence-electron chi connectivity index (χ1n) is 8.23. The Labute approximate surface area is 160 Å². The molecule has 0 saturated heterocycles. The maximum atomic E-state index is 11.9. The minimum absolute atomic E-state index is 0.0881. The molecule has 27 heavy (non-hydrogen) atoms. The predicted octanol–water partition coefficient (Wildman–Crippen LogP) is 4.01. The van der Waals surface area contributed by atoms with Crippen LogP contribution in [0, 0.1) is 11.3 Å². The molecule has 1 amide bonds. The minimum Gasteiger partial charge on any atom is -0.455 e. The van der Waals surface area contributed by atoms with Crippen LogP contribution >= 0.6 is 11.3 Å². The van der Waals surface area contributed by atoms with Crippen molar-refractivity contribution in [3.63, 3.8) is 0 Å². The molecule has 3 aromatic rings.